The minimum atomic E-state index is 0.650. The van der Waals surface area contributed by atoms with Crippen LogP contribution < -0.4 is 5.32 Å². The topological polar surface area (TPSA) is 27.7 Å². The lowest BCUT2D eigenvalue weighted by Crippen LogP contribution is -2.50. The largest absolute Gasteiger partial charge is 0.381 e. The van der Waals surface area contributed by atoms with Crippen LogP contribution in [0.1, 0.15) is 39.5 Å². The number of nitrogens with one attached hydrogen (secondary N) is 1. The van der Waals surface area contributed by atoms with Gasteiger partial charge in [-0.3, -0.25) is 0 Å². The molecular formula is C17H35N3O. The predicted molar refractivity (Wildman–Crippen MR) is 88.8 cm³/mol. The molecule has 0 bridgehead atoms. The molecule has 21 heavy (non-hydrogen) atoms. The molecule has 124 valence electrons. The second-order valence-electron chi connectivity index (χ2n) is 6.79. The third-order valence-electron chi connectivity index (χ3n) is 5.28. The van der Waals surface area contributed by atoms with Gasteiger partial charge in [0, 0.05) is 31.2 Å². The van der Waals surface area contributed by atoms with Crippen molar-refractivity contribution in [3.05, 3.63) is 0 Å². The molecule has 0 aromatic heterocycles. The van der Waals surface area contributed by atoms with E-state index < -0.39 is 0 Å². The molecule has 2 fully saturated rings. The molecule has 2 saturated heterocycles. The average molecular weight is 297 g/mol. The summed E-state index contributed by atoms with van der Waals surface area (Å²) in [6.45, 7) is 12.4. The van der Waals surface area contributed by atoms with Gasteiger partial charge in [0.15, 0.2) is 0 Å². The van der Waals surface area contributed by atoms with Crippen LogP contribution in [0.15, 0.2) is 0 Å². The van der Waals surface area contributed by atoms with E-state index in [2.05, 4.69) is 36.0 Å². The Morgan fingerprint density at radius 2 is 1.95 bits per heavy atom. The van der Waals surface area contributed by atoms with Crippen molar-refractivity contribution in [2.45, 2.75) is 51.6 Å². The van der Waals surface area contributed by atoms with E-state index in [4.69, 9.17) is 4.74 Å². The van der Waals surface area contributed by atoms with Crippen LogP contribution in [0.5, 0.6) is 0 Å². The highest BCUT2D eigenvalue weighted by Crippen LogP contribution is 2.20. The maximum Gasteiger partial charge on any atom is 0.0521 e. The number of hydrogen-bond acceptors (Lipinski definition) is 4. The van der Waals surface area contributed by atoms with Gasteiger partial charge in [0.05, 0.1) is 6.61 Å². The van der Waals surface area contributed by atoms with E-state index in [1.165, 1.54) is 51.9 Å². The van der Waals surface area contributed by atoms with E-state index >= 15 is 0 Å². The van der Waals surface area contributed by atoms with Gasteiger partial charge >= 0.3 is 0 Å². The fourth-order valence-corrected chi connectivity index (χ4v) is 3.77. The summed E-state index contributed by atoms with van der Waals surface area (Å²) < 4.78 is 5.74. The van der Waals surface area contributed by atoms with Crippen molar-refractivity contribution in [1.82, 2.24) is 15.1 Å². The first-order valence-corrected chi connectivity index (χ1v) is 8.98. The molecule has 0 aromatic carbocycles. The lowest BCUT2D eigenvalue weighted by Gasteiger charge is -2.40. The number of piperidine rings is 1. The van der Waals surface area contributed by atoms with Gasteiger partial charge in [-0.05, 0) is 58.9 Å². The van der Waals surface area contributed by atoms with Gasteiger partial charge in [-0.15, -0.1) is 0 Å². The van der Waals surface area contributed by atoms with Crippen LogP contribution in [0.4, 0.5) is 0 Å². The second kappa shape index (κ2) is 9.09. The van der Waals surface area contributed by atoms with Gasteiger partial charge in [0.2, 0.25) is 0 Å². The van der Waals surface area contributed by atoms with Gasteiger partial charge in [-0.2, -0.15) is 0 Å². The lowest BCUT2D eigenvalue weighted by atomic mass is 9.93. The van der Waals surface area contributed by atoms with Crippen LogP contribution in [0, 0.1) is 5.92 Å². The highest BCUT2D eigenvalue weighted by molar-refractivity contribution is 4.85. The SMILES string of the molecule is CCCNC1CCOCC1CN(C)C1CCN(CC)CC1. The smallest absolute Gasteiger partial charge is 0.0521 e. The van der Waals surface area contributed by atoms with Crippen molar-refractivity contribution in [1.29, 1.82) is 0 Å². The fourth-order valence-electron chi connectivity index (χ4n) is 3.77. The van der Waals surface area contributed by atoms with Crippen molar-refractivity contribution in [3.63, 3.8) is 0 Å². The Kier molecular flexibility index (Phi) is 7.44. The van der Waals surface area contributed by atoms with Crippen LogP contribution in [0.2, 0.25) is 0 Å². The maximum absolute atomic E-state index is 5.74. The Balaban J connectivity index is 1.78. The van der Waals surface area contributed by atoms with Crippen molar-refractivity contribution in [3.8, 4) is 0 Å². The molecule has 0 aromatic rings. The molecule has 0 radical (unpaired) electrons. The van der Waals surface area contributed by atoms with E-state index in [1.54, 1.807) is 0 Å². The third-order valence-corrected chi connectivity index (χ3v) is 5.28. The Labute approximate surface area is 131 Å². The highest BCUT2D eigenvalue weighted by atomic mass is 16.5. The minimum Gasteiger partial charge on any atom is -0.381 e. The van der Waals surface area contributed by atoms with Crippen LogP contribution in [0.3, 0.4) is 0 Å². The van der Waals surface area contributed by atoms with Crippen molar-refractivity contribution < 1.29 is 4.74 Å². The van der Waals surface area contributed by atoms with Crippen molar-refractivity contribution >= 4 is 0 Å². The predicted octanol–water partition coefficient (Wildman–Crippen LogP) is 1.81. The first-order valence-electron chi connectivity index (χ1n) is 8.98. The lowest BCUT2D eigenvalue weighted by molar-refractivity contribution is 0.00960. The molecule has 0 spiro atoms. The Morgan fingerprint density at radius 3 is 2.62 bits per heavy atom. The first kappa shape index (κ1) is 17.2. The zero-order chi connectivity index (χ0) is 15.1. The molecule has 2 aliphatic rings. The molecule has 2 heterocycles. The van der Waals surface area contributed by atoms with E-state index in [0.717, 1.165) is 25.8 Å². The zero-order valence-electron chi connectivity index (χ0n) is 14.3. The molecule has 0 aliphatic carbocycles. The second-order valence-corrected chi connectivity index (χ2v) is 6.79. The Morgan fingerprint density at radius 1 is 1.19 bits per heavy atom. The number of hydrogen-bond donors (Lipinski definition) is 1. The number of likely N-dealkylation sites (tertiary alicyclic amines) is 1. The quantitative estimate of drug-likeness (QED) is 0.775. The summed E-state index contributed by atoms with van der Waals surface area (Å²) in [6.07, 6.45) is 5.04. The minimum absolute atomic E-state index is 0.650. The summed E-state index contributed by atoms with van der Waals surface area (Å²) in [6, 6.07) is 1.42. The molecule has 2 aliphatic heterocycles. The number of rotatable bonds is 7. The summed E-state index contributed by atoms with van der Waals surface area (Å²) >= 11 is 0. The van der Waals surface area contributed by atoms with Crippen LogP contribution in [-0.4, -0.2) is 74.9 Å². The summed E-state index contributed by atoms with van der Waals surface area (Å²) in [5.74, 6) is 0.652. The summed E-state index contributed by atoms with van der Waals surface area (Å²) in [4.78, 5) is 5.17. The molecule has 2 rings (SSSR count). The summed E-state index contributed by atoms with van der Waals surface area (Å²) in [5.41, 5.74) is 0. The third kappa shape index (κ3) is 5.20. The Bertz CT molecular complexity index is 279. The summed E-state index contributed by atoms with van der Waals surface area (Å²) in [5, 5.41) is 3.73. The molecule has 2 atom stereocenters. The van der Waals surface area contributed by atoms with Crippen LogP contribution >= 0.6 is 0 Å². The fraction of sp³-hybridized carbons (Fsp3) is 1.00. The average Bonchev–Trinajstić information content (AvgIpc) is 2.54. The normalized spacial score (nSPS) is 29.1. The standard InChI is InChI=1S/C17H35N3O/c1-4-9-18-17-8-12-21-14-15(17)13-19(3)16-6-10-20(5-2)11-7-16/h15-18H,4-14H2,1-3H3. The van der Waals surface area contributed by atoms with Gasteiger partial charge in [-0.1, -0.05) is 13.8 Å². The molecule has 4 nitrogen and oxygen atoms in total. The van der Waals surface area contributed by atoms with Gasteiger partial charge in [0.25, 0.3) is 0 Å². The van der Waals surface area contributed by atoms with Gasteiger partial charge in [0.1, 0.15) is 0 Å². The summed E-state index contributed by atoms with van der Waals surface area (Å²) in [7, 11) is 2.32. The Hall–Kier alpha value is -0.160. The maximum atomic E-state index is 5.74. The van der Waals surface area contributed by atoms with Crippen molar-refractivity contribution in [2.75, 3.05) is 53.0 Å². The molecular weight excluding hydrogens is 262 g/mol. The first-order chi connectivity index (χ1) is 10.2. The number of ether oxygens (including phenoxy) is 1. The highest BCUT2D eigenvalue weighted by Gasteiger charge is 2.29. The van der Waals surface area contributed by atoms with Gasteiger partial charge < -0.3 is 19.9 Å². The van der Waals surface area contributed by atoms with Gasteiger partial charge in [-0.25, -0.2) is 0 Å². The van der Waals surface area contributed by atoms with E-state index in [-0.39, 0.29) is 0 Å². The molecule has 2 unspecified atom stereocenters. The number of nitrogens with zero attached hydrogens (tertiary/aromatic N) is 2. The van der Waals surface area contributed by atoms with E-state index in [9.17, 15) is 0 Å². The molecule has 4 heteroatoms. The molecule has 0 saturated carbocycles. The molecule has 1 N–H and O–H groups in total. The van der Waals surface area contributed by atoms with E-state index in [1.807, 2.05) is 0 Å². The van der Waals surface area contributed by atoms with Crippen LogP contribution in [0.25, 0.3) is 0 Å². The van der Waals surface area contributed by atoms with E-state index in [0.29, 0.717) is 12.0 Å². The monoisotopic (exact) mass is 297 g/mol. The van der Waals surface area contributed by atoms with Crippen molar-refractivity contribution in [2.24, 2.45) is 5.92 Å². The van der Waals surface area contributed by atoms with Crippen LogP contribution in [-0.2, 0) is 4.74 Å². The zero-order valence-corrected chi connectivity index (χ0v) is 14.3. The molecule has 0 amide bonds.